The molecule has 1 aromatic heterocycles. The first-order chi connectivity index (χ1) is 13.6. The highest BCUT2D eigenvalue weighted by atomic mass is 19.1. The number of H-pyrrole nitrogens is 1. The van der Waals surface area contributed by atoms with E-state index in [1.165, 1.54) is 18.3 Å². The molecule has 7 nitrogen and oxygen atoms in total. The van der Waals surface area contributed by atoms with Crippen LogP contribution in [0.1, 0.15) is 18.1 Å². The molecule has 0 amide bonds. The molecule has 0 atom stereocenters. The van der Waals surface area contributed by atoms with E-state index in [0.29, 0.717) is 23.5 Å². The summed E-state index contributed by atoms with van der Waals surface area (Å²) in [5.74, 6) is -0.00979. The number of rotatable bonds is 6. The average molecular weight is 377 g/mol. The van der Waals surface area contributed by atoms with E-state index in [-0.39, 0.29) is 17.2 Å². The monoisotopic (exact) mass is 377 g/mol. The van der Waals surface area contributed by atoms with Gasteiger partial charge in [-0.2, -0.15) is 10.4 Å². The first kappa shape index (κ1) is 18.8. The molecule has 8 heteroatoms. The molecule has 1 heterocycles. The Labute approximate surface area is 160 Å². The molecule has 0 saturated heterocycles. The van der Waals surface area contributed by atoms with E-state index in [2.05, 4.69) is 20.5 Å². The number of nitrogens with zero attached hydrogens (tertiary/aromatic N) is 3. The molecule has 140 valence electrons. The summed E-state index contributed by atoms with van der Waals surface area (Å²) in [4.78, 5) is 18.9. The van der Waals surface area contributed by atoms with Crippen LogP contribution in [0.15, 0.2) is 58.4 Å². The second-order valence-corrected chi connectivity index (χ2v) is 5.64. The lowest BCUT2D eigenvalue weighted by atomic mass is 10.1. The molecule has 0 fully saturated rings. The number of hydrogen-bond donors (Lipinski definition) is 2. The number of benzene rings is 2. The van der Waals surface area contributed by atoms with Gasteiger partial charge in [-0.3, -0.25) is 9.78 Å². The molecule has 2 aromatic carbocycles. The van der Waals surface area contributed by atoms with Crippen LogP contribution < -0.4 is 15.7 Å². The van der Waals surface area contributed by atoms with Crippen LogP contribution in [0.5, 0.6) is 5.75 Å². The molecule has 0 bridgehead atoms. The maximum Gasteiger partial charge on any atom is 0.270 e. The molecule has 28 heavy (non-hydrogen) atoms. The normalized spacial score (nSPS) is 10.6. The van der Waals surface area contributed by atoms with Crippen molar-refractivity contribution in [1.29, 1.82) is 5.26 Å². The molecule has 0 radical (unpaired) electrons. The summed E-state index contributed by atoms with van der Waals surface area (Å²) >= 11 is 0. The van der Waals surface area contributed by atoms with Gasteiger partial charge in [-0.1, -0.05) is 30.3 Å². The maximum atomic E-state index is 13.6. The number of nitrogens with one attached hydrogen (secondary N) is 2. The molecule has 0 aliphatic rings. The number of aromatic amines is 1. The van der Waals surface area contributed by atoms with Gasteiger partial charge in [0.1, 0.15) is 23.2 Å². The third-order valence-corrected chi connectivity index (χ3v) is 3.67. The van der Waals surface area contributed by atoms with E-state index in [1.54, 1.807) is 37.3 Å². The number of hydrazone groups is 1. The summed E-state index contributed by atoms with van der Waals surface area (Å²) in [6.07, 6.45) is 1.37. The van der Waals surface area contributed by atoms with Gasteiger partial charge in [0.15, 0.2) is 0 Å². The predicted molar refractivity (Wildman–Crippen MR) is 104 cm³/mol. The van der Waals surface area contributed by atoms with E-state index in [4.69, 9.17) is 4.74 Å². The van der Waals surface area contributed by atoms with Crippen molar-refractivity contribution in [2.45, 2.75) is 6.92 Å². The highest BCUT2D eigenvalue weighted by molar-refractivity contribution is 5.80. The Bertz CT molecular complexity index is 1100. The van der Waals surface area contributed by atoms with E-state index in [9.17, 15) is 14.4 Å². The Hall–Kier alpha value is -3.99. The molecular formula is C20H16FN5O2. The molecular weight excluding hydrogens is 361 g/mol. The molecule has 0 aliphatic heterocycles. The molecule has 3 rings (SSSR count). The van der Waals surface area contributed by atoms with Gasteiger partial charge in [-0.05, 0) is 19.1 Å². The van der Waals surface area contributed by atoms with Gasteiger partial charge in [0, 0.05) is 17.2 Å². The predicted octanol–water partition coefficient (Wildman–Crippen LogP) is 3.29. The fourth-order valence-corrected chi connectivity index (χ4v) is 2.51. The Morgan fingerprint density at radius 3 is 2.82 bits per heavy atom. The zero-order chi connectivity index (χ0) is 19.9. The van der Waals surface area contributed by atoms with Crippen LogP contribution in [0.25, 0.3) is 11.3 Å². The molecule has 0 saturated carbocycles. The van der Waals surface area contributed by atoms with Crippen LogP contribution in [0.4, 0.5) is 10.3 Å². The third kappa shape index (κ3) is 4.40. The maximum absolute atomic E-state index is 13.6. The number of anilines is 1. The van der Waals surface area contributed by atoms with Gasteiger partial charge in [-0.15, -0.1) is 0 Å². The van der Waals surface area contributed by atoms with Crippen LogP contribution in [0, 0.1) is 17.1 Å². The van der Waals surface area contributed by atoms with Crippen molar-refractivity contribution in [1.82, 2.24) is 9.97 Å². The summed E-state index contributed by atoms with van der Waals surface area (Å²) in [6.45, 7) is 2.22. The minimum atomic E-state index is -0.585. The standard InChI is InChI=1S/C20H16FN5O2/c1-2-28-16-9-13(8-15(21)10-16)12-23-26-20-24-18(14-6-4-3-5-7-14)17(11-22)19(27)25-20/h3-10,12H,2H2,1H3,(H2,24,25,26,27). The number of ether oxygens (including phenoxy) is 1. The average Bonchev–Trinajstić information content (AvgIpc) is 2.68. The largest absolute Gasteiger partial charge is 0.494 e. The number of aromatic nitrogens is 2. The van der Waals surface area contributed by atoms with E-state index >= 15 is 0 Å². The Morgan fingerprint density at radius 1 is 1.32 bits per heavy atom. The van der Waals surface area contributed by atoms with E-state index in [0.717, 1.165) is 0 Å². The van der Waals surface area contributed by atoms with Crippen LogP contribution >= 0.6 is 0 Å². The quantitative estimate of drug-likeness (QED) is 0.507. The first-order valence-corrected chi connectivity index (χ1v) is 8.43. The molecule has 0 spiro atoms. The van der Waals surface area contributed by atoms with Crippen LogP contribution in [0.2, 0.25) is 0 Å². The Balaban J connectivity index is 1.88. The van der Waals surface area contributed by atoms with E-state index in [1.807, 2.05) is 12.1 Å². The van der Waals surface area contributed by atoms with Crippen molar-refractivity contribution in [2.24, 2.45) is 5.10 Å². The van der Waals surface area contributed by atoms with Crippen molar-refractivity contribution in [2.75, 3.05) is 12.0 Å². The number of hydrogen-bond acceptors (Lipinski definition) is 6. The summed E-state index contributed by atoms with van der Waals surface area (Å²) in [7, 11) is 0. The lowest BCUT2D eigenvalue weighted by Crippen LogP contribution is -2.16. The topological polar surface area (TPSA) is 103 Å². The fourth-order valence-electron chi connectivity index (χ4n) is 2.51. The van der Waals surface area contributed by atoms with Gasteiger partial charge in [0.2, 0.25) is 5.95 Å². The minimum Gasteiger partial charge on any atom is -0.494 e. The van der Waals surface area contributed by atoms with Crippen molar-refractivity contribution >= 4 is 12.2 Å². The van der Waals surface area contributed by atoms with Crippen LogP contribution in [-0.2, 0) is 0 Å². The minimum absolute atomic E-state index is 0.0561. The zero-order valence-corrected chi connectivity index (χ0v) is 14.9. The van der Waals surface area contributed by atoms with Crippen molar-refractivity contribution in [3.8, 4) is 23.1 Å². The Morgan fingerprint density at radius 2 is 2.11 bits per heavy atom. The lowest BCUT2D eigenvalue weighted by Gasteiger charge is -2.06. The second kappa shape index (κ2) is 8.60. The second-order valence-electron chi connectivity index (χ2n) is 5.64. The summed E-state index contributed by atoms with van der Waals surface area (Å²) in [5.41, 5.74) is 3.26. The molecule has 3 aromatic rings. The summed E-state index contributed by atoms with van der Waals surface area (Å²) in [6, 6.07) is 14.9. The van der Waals surface area contributed by atoms with Gasteiger partial charge in [-0.25, -0.2) is 14.8 Å². The highest BCUT2D eigenvalue weighted by Crippen LogP contribution is 2.19. The van der Waals surface area contributed by atoms with Crippen molar-refractivity contribution in [3.05, 3.63) is 75.8 Å². The zero-order valence-electron chi connectivity index (χ0n) is 14.9. The lowest BCUT2D eigenvalue weighted by molar-refractivity contribution is 0.338. The summed E-state index contributed by atoms with van der Waals surface area (Å²) in [5, 5.41) is 13.2. The number of nitriles is 1. The third-order valence-electron chi connectivity index (χ3n) is 3.67. The summed E-state index contributed by atoms with van der Waals surface area (Å²) < 4.78 is 18.9. The van der Waals surface area contributed by atoms with Crippen LogP contribution in [-0.4, -0.2) is 22.8 Å². The van der Waals surface area contributed by atoms with E-state index < -0.39 is 11.4 Å². The smallest absolute Gasteiger partial charge is 0.270 e. The van der Waals surface area contributed by atoms with Crippen molar-refractivity contribution < 1.29 is 9.13 Å². The molecule has 0 aliphatic carbocycles. The van der Waals surface area contributed by atoms with Gasteiger partial charge < -0.3 is 4.74 Å². The van der Waals surface area contributed by atoms with Crippen molar-refractivity contribution in [3.63, 3.8) is 0 Å². The molecule has 2 N–H and O–H groups in total. The van der Waals surface area contributed by atoms with Crippen LogP contribution in [0.3, 0.4) is 0 Å². The van der Waals surface area contributed by atoms with Gasteiger partial charge in [0.25, 0.3) is 5.56 Å². The van der Waals surface area contributed by atoms with Gasteiger partial charge >= 0.3 is 0 Å². The fraction of sp³-hybridized carbons (Fsp3) is 0.100. The Kier molecular flexibility index (Phi) is 5.77. The first-order valence-electron chi connectivity index (χ1n) is 8.43. The highest BCUT2D eigenvalue weighted by Gasteiger charge is 2.12. The molecule has 0 unspecified atom stereocenters. The van der Waals surface area contributed by atoms with Gasteiger partial charge in [0.05, 0.1) is 18.5 Å². The SMILES string of the molecule is CCOc1cc(F)cc(C=NNc2nc(-c3ccccc3)c(C#N)c(=O)[nH]2)c1. The number of halogens is 1.